The van der Waals surface area contributed by atoms with Crippen LogP contribution in [-0.4, -0.2) is 29.8 Å². The van der Waals surface area contributed by atoms with E-state index in [0.717, 1.165) is 5.75 Å². The highest BCUT2D eigenvalue weighted by Crippen LogP contribution is 1.91. The minimum Gasteiger partial charge on any atom is -0.395 e. The van der Waals surface area contributed by atoms with Gasteiger partial charge in [0.05, 0.1) is 6.61 Å². The molecule has 4 heteroatoms. The number of rotatable bonds is 3. The molecular formula is C4H12ClNOS. The van der Waals surface area contributed by atoms with Crippen LogP contribution in [0.3, 0.4) is 0 Å². The molecule has 0 aromatic rings. The lowest BCUT2D eigenvalue weighted by Gasteiger charge is -2.02. The average Bonchev–Trinajstić information content (AvgIpc) is 1.68. The molecule has 0 radical (unpaired) electrons. The summed E-state index contributed by atoms with van der Waals surface area (Å²) >= 11 is 1.65. The van der Waals surface area contributed by atoms with Crippen molar-refractivity contribution in [2.24, 2.45) is 5.73 Å². The molecule has 0 spiro atoms. The number of hydrogen-bond acceptors (Lipinski definition) is 3. The van der Waals surface area contributed by atoms with Crippen molar-refractivity contribution in [3.05, 3.63) is 0 Å². The van der Waals surface area contributed by atoms with Gasteiger partial charge in [-0.25, -0.2) is 0 Å². The van der Waals surface area contributed by atoms with E-state index >= 15 is 0 Å². The van der Waals surface area contributed by atoms with Gasteiger partial charge in [0.2, 0.25) is 0 Å². The summed E-state index contributed by atoms with van der Waals surface area (Å²) in [5.74, 6) is 0.844. The Kier molecular flexibility index (Phi) is 10.7. The Balaban J connectivity index is 0. The van der Waals surface area contributed by atoms with Gasteiger partial charge in [-0.1, -0.05) is 0 Å². The van der Waals surface area contributed by atoms with Gasteiger partial charge >= 0.3 is 0 Å². The summed E-state index contributed by atoms with van der Waals surface area (Å²) in [6, 6.07) is -0.0324. The summed E-state index contributed by atoms with van der Waals surface area (Å²) in [6.07, 6.45) is 1.97. The van der Waals surface area contributed by atoms with Crippen LogP contribution < -0.4 is 5.73 Å². The van der Waals surface area contributed by atoms with Crippen molar-refractivity contribution >= 4 is 24.2 Å². The van der Waals surface area contributed by atoms with Gasteiger partial charge in [-0.15, -0.1) is 12.4 Å². The maximum atomic E-state index is 8.33. The predicted octanol–water partition coefficient (Wildman–Crippen LogP) is 0.0908. The Labute approximate surface area is 60.2 Å². The highest BCUT2D eigenvalue weighted by Gasteiger charge is 1.94. The highest BCUT2D eigenvalue weighted by molar-refractivity contribution is 7.98. The standard InChI is InChI=1S/C4H11NOS.ClH/c1-7-3-4(5)2-6;/h4,6H,2-3,5H2,1H3;1H. The molecule has 0 heterocycles. The molecule has 0 amide bonds. The van der Waals surface area contributed by atoms with Gasteiger partial charge in [0.15, 0.2) is 0 Å². The van der Waals surface area contributed by atoms with Crippen molar-refractivity contribution in [1.82, 2.24) is 0 Å². The molecule has 0 saturated heterocycles. The largest absolute Gasteiger partial charge is 0.395 e. The van der Waals surface area contributed by atoms with Crippen LogP contribution in [0.1, 0.15) is 0 Å². The van der Waals surface area contributed by atoms with E-state index in [-0.39, 0.29) is 25.1 Å². The second-order valence-electron chi connectivity index (χ2n) is 1.40. The van der Waals surface area contributed by atoms with Crippen molar-refractivity contribution in [3.8, 4) is 0 Å². The van der Waals surface area contributed by atoms with Gasteiger partial charge in [-0.2, -0.15) is 11.8 Å². The summed E-state index contributed by atoms with van der Waals surface area (Å²) in [5, 5.41) is 8.33. The SMILES string of the molecule is CSCC(N)CO.Cl. The first-order valence-corrected chi connectivity index (χ1v) is 3.56. The molecule has 0 fully saturated rings. The molecule has 0 aliphatic rings. The first kappa shape index (κ1) is 11.4. The maximum Gasteiger partial charge on any atom is 0.0590 e. The third-order valence-corrected chi connectivity index (χ3v) is 1.38. The van der Waals surface area contributed by atoms with Crippen molar-refractivity contribution < 1.29 is 5.11 Å². The van der Waals surface area contributed by atoms with Gasteiger partial charge in [0.25, 0.3) is 0 Å². The third kappa shape index (κ3) is 6.56. The zero-order valence-corrected chi connectivity index (χ0v) is 6.47. The van der Waals surface area contributed by atoms with E-state index < -0.39 is 0 Å². The average molecular weight is 158 g/mol. The smallest absolute Gasteiger partial charge is 0.0590 e. The maximum absolute atomic E-state index is 8.33. The predicted molar refractivity (Wildman–Crippen MR) is 40.7 cm³/mol. The van der Waals surface area contributed by atoms with Crippen LogP contribution in [0.5, 0.6) is 0 Å². The minimum absolute atomic E-state index is 0. The molecule has 1 atom stereocenters. The Morgan fingerprint density at radius 1 is 1.75 bits per heavy atom. The van der Waals surface area contributed by atoms with Crippen LogP contribution >= 0.6 is 24.2 Å². The quantitative estimate of drug-likeness (QED) is 0.611. The molecule has 0 aliphatic carbocycles. The van der Waals surface area contributed by atoms with Crippen LogP contribution in [0.2, 0.25) is 0 Å². The van der Waals surface area contributed by atoms with Crippen molar-refractivity contribution in [2.75, 3.05) is 18.6 Å². The molecule has 0 aromatic carbocycles. The molecule has 1 unspecified atom stereocenters. The Hall–Kier alpha value is 0.560. The molecule has 2 nitrogen and oxygen atoms in total. The van der Waals surface area contributed by atoms with Gasteiger partial charge in [0.1, 0.15) is 0 Å². The van der Waals surface area contributed by atoms with E-state index in [9.17, 15) is 0 Å². The van der Waals surface area contributed by atoms with Gasteiger partial charge in [0, 0.05) is 11.8 Å². The lowest BCUT2D eigenvalue weighted by atomic mass is 10.4. The molecule has 0 bridgehead atoms. The second kappa shape index (κ2) is 7.56. The highest BCUT2D eigenvalue weighted by atomic mass is 35.5. The van der Waals surface area contributed by atoms with Crippen LogP contribution in [0.15, 0.2) is 0 Å². The summed E-state index contributed by atoms with van der Waals surface area (Å²) in [6.45, 7) is 0.0981. The number of aliphatic hydroxyl groups excluding tert-OH is 1. The Morgan fingerprint density at radius 2 is 2.25 bits per heavy atom. The van der Waals surface area contributed by atoms with E-state index in [2.05, 4.69) is 0 Å². The fraction of sp³-hybridized carbons (Fsp3) is 1.00. The minimum atomic E-state index is -0.0324. The van der Waals surface area contributed by atoms with Gasteiger partial charge < -0.3 is 10.8 Å². The molecule has 3 N–H and O–H groups in total. The number of nitrogens with two attached hydrogens (primary N) is 1. The molecule has 0 aromatic heterocycles. The van der Waals surface area contributed by atoms with Crippen LogP contribution in [-0.2, 0) is 0 Å². The molecule has 0 saturated carbocycles. The molecule has 0 rings (SSSR count). The number of thioether (sulfide) groups is 1. The first-order valence-electron chi connectivity index (χ1n) is 2.16. The van der Waals surface area contributed by atoms with E-state index in [0.29, 0.717) is 0 Å². The van der Waals surface area contributed by atoms with Crippen molar-refractivity contribution in [2.45, 2.75) is 6.04 Å². The van der Waals surface area contributed by atoms with Crippen molar-refractivity contribution in [1.29, 1.82) is 0 Å². The number of hydrogen-bond donors (Lipinski definition) is 2. The lowest BCUT2D eigenvalue weighted by Crippen LogP contribution is -2.26. The van der Waals surface area contributed by atoms with E-state index in [1.54, 1.807) is 11.8 Å². The fourth-order valence-electron chi connectivity index (χ4n) is 0.267. The fourth-order valence-corrected chi connectivity index (χ4v) is 0.800. The van der Waals surface area contributed by atoms with Gasteiger partial charge in [-0.3, -0.25) is 0 Å². The zero-order valence-electron chi connectivity index (χ0n) is 4.83. The summed E-state index contributed by atoms with van der Waals surface area (Å²) in [4.78, 5) is 0. The van der Waals surface area contributed by atoms with Gasteiger partial charge in [-0.05, 0) is 6.26 Å². The number of halogens is 1. The molecule has 8 heavy (non-hydrogen) atoms. The summed E-state index contributed by atoms with van der Waals surface area (Å²) < 4.78 is 0. The molecular weight excluding hydrogens is 146 g/mol. The number of aliphatic hydroxyl groups is 1. The summed E-state index contributed by atoms with van der Waals surface area (Å²) in [7, 11) is 0. The zero-order chi connectivity index (χ0) is 5.70. The molecule has 0 aliphatic heterocycles. The van der Waals surface area contributed by atoms with Crippen LogP contribution in [0, 0.1) is 0 Å². The van der Waals surface area contributed by atoms with Crippen molar-refractivity contribution in [3.63, 3.8) is 0 Å². The van der Waals surface area contributed by atoms with E-state index in [1.165, 1.54) is 0 Å². The lowest BCUT2D eigenvalue weighted by molar-refractivity contribution is 0.275. The second-order valence-corrected chi connectivity index (χ2v) is 2.31. The Morgan fingerprint density at radius 3 is 2.38 bits per heavy atom. The summed E-state index contributed by atoms with van der Waals surface area (Å²) in [5.41, 5.74) is 5.31. The third-order valence-electron chi connectivity index (χ3n) is 0.615. The monoisotopic (exact) mass is 157 g/mol. The van der Waals surface area contributed by atoms with Crippen LogP contribution in [0.25, 0.3) is 0 Å². The Bertz CT molecular complexity index is 47.0. The normalized spacial score (nSPS) is 12.4. The van der Waals surface area contributed by atoms with E-state index in [4.69, 9.17) is 10.8 Å². The first-order chi connectivity index (χ1) is 3.31. The topological polar surface area (TPSA) is 46.2 Å². The molecule has 52 valence electrons. The van der Waals surface area contributed by atoms with Crippen LogP contribution in [0.4, 0.5) is 0 Å². The van der Waals surface area contributed by atoms with E-state index in [1.807, 2.05) is 6.26 Å².